The molecule has 6 nitrogen and oxygen atoms in total. The van der Waals surface area contributed by atoms with Gasteiger partial charge in [-0.05, 0) is 49.8 Å². The van der Waals surface area contributed by atoms with Crippen LogP contribution in [-0.2, 0) is 11.0 Å². The van der Waals surface area contributed by atoms with Crippen LogP contribution >= 0.6 is 0 Å². The van der Waals surface area contributed by atoms with Gasteiger partial charge in [0.05, 0.1) is 23.7 Å². The summed E-state index contributed by atoms with van der Waals surface area (Å²) in [6.07, 6.45) is -0.280. The average Bonchev–Trinajstić information content (AvgIpc) is 3.40. The van der Waals surface area contributed by atoms with Crippen LogP contribution in [0.1, 0.15) is 77.9 Å². The Hall–Kier alpha value is -2.84. The summed E-state index contributed by atoms with van der Waals surface area (Å²) in [4.78, 5) is 27.2. The summed E-state index contributed by atoms with van der Waals surface area (Å²) >= 11 is 0. The molecule has 1 N–H and O–H groups in total. The first-order chi connectivity index (χ1) is 14.8. The normalized spacial score (nSPS) is 26.4. The number of hydrogen-bond donors (Lipinski definition) is 1. The molecular formula is C22H22F3N3O3. The van der Waals surface area contributed by atoms with Gasteiger partial charge in [0.25, 0.3) is 5.91 Å². The molecular weight excluding hydrogens is 411 g/mol. The molecule has 164 valence electrons. The fraction of sp³-hybridized carbons (Fsp3) is 0.500. The van der Waals surface area contributed by atoms with Crippen LogP contribution < -0.4 is 5.32 Å². The van der Waals surface area contributed by atoms with Crippen molar-refractivity contribution in [3.05, 3.63) is 52.9 Å². The monoisotopic (exact) mass is 433 g/mol. The minimum absolute atomic E-state index is 0.0644. The predicted molar refractivity (Wildman–Crippen MR) is 103 cm³/mol. The molecule has 9 heteroatoms. The van der Waals surface area contributed by atoms with Crippen molar-refractivity contribution in [2.45, 2.75) is 68.7 Å². The van der Waals surface area contributed by atoms with Gasteiger partial charge in [-0.3, -0.25) is 9.59 Å². The smallest absolute Gasteiger partial charge is 0.360 e. The third kappa shape index (κ3) is 3.81. The molecule has 31 heavy (non-hydrogen) atoms. The fourth-order valence-electron chi connectivity index (χ4n) is 4.75. The van der Waals surface area contributed by atoms with Crippen LogP contribution in [0.4, 0.5) is 13.2 Å². The van der Waals surface area contributed by atoms with E-state index in [1.165, 1.54) is 12.1 Å². The van der Waals surface area contributed by atoms with E-state index in [0.717, 1.165) is 25.0 Å². The van der Waals surface area contributed by atoms with E-state index in [0.29, 0.717) is 42.9 Å². The number of rotatable bonds is 3. The van der Waals surface area contributed by atoms with Crippen molar-refractivity contribution in [1.29, 1.82) is 0 Å². The summed E-state index contributed by atoms with van der Waals surface area (Å²) in [6, 6.07) is 5.63. The molecule has 0 radical (unpaired) electrons. The van der Waals surface area contributed by atoms with Crippen LogP contribution in [0.25, 0.3) is 0 Å². The molecule has 3 atom stereocenters. The highest BCUT2D eigenvalue weighted by Crippen LogP contribution is 2.43. The van der Waals surface area contributed by atoms with Crippen LogP contribution in [0, 0.1) is 0 Å². The Labute approximate surface area is 176 Å². The molecule has 3 fully saturated rings. The van der Waals surface area contributed by atoms with Gasteiger partial charge in [-0.25, -0.2) is 0 Å². The van der Waals surface area contributed by atoms with Crippen molar-refractivity contribution < 1.29 is 27.3 Å². The lowest BCUT2D eigenvalue weighted by Gasteiger charge is -2.30. The Morgan fingerprint density at radius 2 is 1.90 bits per heavy atom. The van der Waals surface area contributed by atoms with Crippen LogP contribution in [0.2, 0.25) is 0 Å². The highest BCUT2D eigenvalue weighted by atomic mass is 19.4. The number of fused-ring (bicyclic) bond motifs is 1. The number of nitrogens with one attached hydrogen (secondary N) is 1. The number of aromatic nitrogens is 1. The molecule has 0 bridgehead atoms. The van der Waals surface area contributed by atoms with E-state index in [2.05, 4.69) is 10.5 Å². The molecule has 2 saturated heterocycles. The number of alkyl halides is 3. The van der Waals surface area contributed by atoms with Crippen LogP contribution in [-0.4, -0.2) is 34.0 Å². The maximum atomic E-state index is 13.5. The maximum Gasteiger partial charge on any atom is 0.416 e. The number of likely N-dealkylation sites (tertiary alicyclic amines) is 1. The number of hydrogen-bond acceptors (Lipinski definition) is 4. The van der Waals surface area contributed by atoms with Gasteiger partial charge in [-0.1, -0.05) is 17.3 Å². The minimum Gasteiger partial charge on any atom is -0.360 e. The lowest BCUT2D eigenvalue weighted by Crippen LogP contribution is -2.45. The van der Waals surface area contributed by atoms with Crippen LogP contribution in [0.3, 0.4) is 0 Å². The zero-order valence-electron chi connectivity index (χ0n) is 16.7. The van der Waals surface area contributed by atoms with Crippen molar-refractivity contribution in [2.24, 2.45) is 0 Å². The zero-order valence-corrected chi connectivity index (χ0v) is 16.7. The highest BCUT2D eigenvalue weighted by molar-refractivity contribution is 5.93. The van der Waals surface area contributed by atoms with Gasteiger partial charge in [0, 0.05) is 18.4 Å². The molecule has 1 saturated carbocycles. The highest BCUT2D eigenvalue weighted by Gasteiger charge is 2.47. The third-order valence-electron chi connectivity index (χ3n) is 6.47. The molecule has 2 aliphatic heterocycles. The number of carbonyl (C=O) groups is 2. The molecule has 3 heterocycles. The minimum atomic E-state index is -4.43. The standard InChI is InChI=1S/C22H22F3N3O3/c23-22(24,25)14-8-6-12(7-9-14)18-10-15-17(2-1-3-20(29)26-15)28(18)21(30)16-11-19(31-27-16)13-4-5-13/h6-9,11,13,15,17-18H,1-5,10H2,(H,26,29)/t15-,17+,18+/m0/s1. The van der Waals surface area contributed by atoms with E-state index >= 15 is 0 Å². The van der Waals surface area contributed by atoms with E-state index in [1.807, 2.05) is 0 Å². The van der Waals surface area contributed by atoms with Crippen LogP contribution in [0.5, 0.6) is 0 Å². The molecule has 1 aromatic heterocycles. The van der Waals surface area contributed by atoms with Crippen molar-refractivity contribution in [3.8, 4) is 0 Å². The van der Waals surface area contributed by atoms with E-state index in [4.69, 9.17) is 4.52 Å². The van der Waals surface area contributed by atoms with Crippen molar-refractivity contribution >= 4 is 11.8 Å². The molecule has 2 aromatic rings. The van der Waals surface area contributed by atoms with Gasteiger partial charge < -0.3 is 14.7 Å². The largest absolute Gasteiger partial charge is 0.416 e. The third-order valence-corrected chi connectivity index (χ3v) is 6.47. The zero-order chi connectivity index (χ0) is 21.8. The fourth-order valence-corrected chi connectivity index (χ4v) is 4.75. The predicted octanol–water partition coefficient (Wildman–Crippen LogP) is 4.20. The van der Waals surface area contributed by atoms with Gasteiger partial charge in [0.1, 0.15) is 5.76 Å². The van der Waals surface area contributed by atoms with E-state index in [1.54, 1.807) is 11.0 Å². The Morgan fingerprint density at radius 1 is 1.16 bits per heavy atom. The SMILES string of the molecule is O=C1CCC[C@@H]2[C@H](C[C@H](c3ccc(C(F)(F)F)cc3)N2C(=O)c2cc(C3CC3)on2)N1. The molecule has 0 unspecified atom stereocenters. The number of nitrogens with zero attached hydrogens (tertiary/aromatic N) is 2. The van der Waals surface area contributed by atoms with E-state index < -0.39 is 17.8 Å². The lowest BCUT2D eigenvalue weighted by atomic mass is 10.0. The van der Waals surface area contributed by atoms with Gasteiger partial charge >= 0.3 is 6.18 Å². The maximum absolute atomic E-state index is 13.5. The first kappa shape index (κ1) is 20.1. The van der Waals surface area contributed by atoms with Crippen molar-refractivity contribution in [2.75, 3.05) is 0 Å². The average molecular weight is 433 g/mol. The summed E-state index contributed by atoms with van der Waals surface area (Å²) in [5.74, 6) is 0.622. The summed E-state index contributed by atoms with van der Waals surface area (Å²) in [6.45, 7) is 0. The summed E-state index contributed by atoms with van der Waals surface area (Å²) in [7, 11) is 0. The second kappa shape index (κ2) is 7.39. The molecule has 1 aliphatic carbocycles. The molecule has 2 amide bonds. The topological polar surface area (TPSA) is 75.4 Å². The first-order valence-corrected chi connectivity index (χ1v) is 10.6. The molecule has 1 aromatic carbocycles. The Kier molecular flexibility index (Phi) is 4.79. The summed E-state index contributed by atoms with van der Waals surface area (Å²) in [5, 5.41) is 6.96. The first-order valence-electron chi connectivity index (χ1n) is 10.6. The van der Waals surface area contributed by atoms with Gasteiger partial charge in [0.2, 0.25) is 5.91 Å². The lowest BCUT2D eigenvalue weighted by molar-refractivity contribution is -0.137. The van der Waals surface area contributed by atoms with E-state index in [9.17, 15) is 22.8 Å². The van der Waals surface area contributed by atoms with Crippen LogP contribution in [0.15, 0.2) is 34.9 Å². The van der Waals surface area contributed by atoms with Gasteiger partial charge in [-0.2, -0.15) is 13.2 Å². The van der Waals surface area contributed by atoms with Crippen molar-refractivity contribution in [3.63, 3.8) is 0 Å². The summed E-state index contributed by atoms with van der Waals surface area (Å²) in [5.41, 5.74) is 0.0739. The Morgan fingerprint density at radius 3 is 2.58 bits per heavy atom. The van der Waals surface area contributed by atoms with Crippen molar-refractivity contribution in [1.82, 2.24) is 15.4 Å². The Bertz CT molecular complexity index is 997. The number of benzene rings is 1. The van der Waals surface area contributed by atoms with Gasteiger partial charge in [-0.15, -0.1) is 0 Å². The second-order valence-corrected chi connectivity index (χ2v) is 8.61. The molecule has 0 spiro atoms. The number of carbonyl (C=O) groups excluding carboxylic acids is 2. The second-order valence-electron chi connectivity index (χ2n) is 8.61. The quantitative estimate of drug-likeness (QED) is 0.788. The molecule has 5 rings (SSSR count). The number of amides is 2. The summed E-state index contributed by atoms with van der Waals surface area (Å²) < 4.78 is 44.3. The molecule has 3 aliphatic rings. The Balaban J connectivity index is 1.48. The number of halogens is 3. The van der Waals surface area contributed by atoms with Gasteiger partial charge in [0.15, 0.2) is 5.69 Å². The van der Waals surface area contributed by atoms with E-state index in [-0.39, 0.29) is 29.6 Å².